The van der Waals surface area contributed by atoms with Gasteiger partial charge in [-0.2, -0.15) is 0 Å². The number of carboxylic acid groups (broad SMARTS) is 1. The molecule has 0 unspecified atom stereocenters. The van der Waals surface area contributed by atoms with E-state index in [9.17, 15) is 24.6 Å². The van der Waals surface area contributed by atoms with Gasteiger partial charge in [0.1, 0.15) is 17.0 Å². The van der Waals surface area contributed by atoms with Crippen molar-refractivity contribution in [2.24, 2.45) is 22.7 Å². The molecule has 0 aromatic heterocycles. The quantitative estimate of drug-likeness (QED) is 0.417. The van der Waals surface area contributed by atoms with E-state index in [1.807, 2.05) is 6.92 Å². The molecule has 2 bridgehead atoms. The van der Waals surface area contributed by atoms with Gasteiger partial charge in [0, 0.05) is 11.8 Å². The lowest BCUT2D eigenvalue weighted by Crippen LogP contribution is -2.54. The summed E-state index contributed by atoms with van der Waals surface area (Å²) in [5.74, 6) is -2.42. The zero-order chi connectivity index (χ0) is 22.6. The molecule has 5 rings (SSSR count). The minimum absolute atomic E-state index is 0.00442. The molecular weight excluding hydrogens is 398 g/mol. The van der Waals surface area contributed by atoms with E-state index >= 15 is 0 Å². The first kappa shape index (κ1) is 21.2. The minimum Gasteiger partial charge on any atom is -0.506 e. The van der Waals surface area contributed by atoms with E-state index in [-0.39, 0.29) is 29.2 Å². The van der Waals surface area contributed by atoms with E-state index in [2.05, 4.69) is 18.0 Å². The Hall–Kier alpha value is -3.09. The van der Waals surface area contributed by atoms with Crippen LogP contribution in [0.1, 0.15) is 55.8 Å². The molecule has 0 heterocycles. The topological polar surface area (TPSA) is 124 Å². The van der Waals surface area contributed by atoms with Gasteiger partial charge in [0.25, 0.3) is 0 Å². The highest BCUT2D eigenvalue weighted by atomic mass is 16.4. The molecule has 1 spiro atoms. The van der Waals surface area contributed by atoms with Crippen molar-refractivity contribution in [1.29, 1.82) is 0 Å². The van der Waals surface area contributed by atoms with Crippen LogP contribution in [0.5, 0.6) is 11.5 Å². The van der Waals surface area contributed by atoms with Crippen LogP contribution in [0.15, 0.2) is 36.4 Å². The Morgan fingerprint density at radius 2 is 2.03 bits per heavy atom. The van der Waals surface area contributed by atoms with Crippen molar-refractivity contribution in [1.82, 2.24) is 0 Å². The Kier molecular flexibility index (Phi) is 4.95. The van der Waals surface area contributed by atoms with Gasteiger partial charge in [-0.3, -0.25) is 9.59 Å². The molecule has 3 fully saturated rings. The summed E-state index contributed by atoms with van der Waals surface area (Å²) in [4.78, 5) is 36.8. The monoisotopic (exact) mass is 425 g/mol. The number of carboxylic acids is 1. The molecule has 164 valence electrons. The number of aromatic hydroxyl groups is 2. The third-order valence-electron chi connectivity index (χ3n) is 7.73. The third kappa shape index (κ3) is 3.32. The number of amides is 1. The maximum atomic E-state index is 12.9. The van der Waals surface area contributed by atoms with Crippen LogP contribution in [-0.2, 0) is 9.59 Å². The SMILES string of the molecule is C=C1C[C@]23C=CC(=O)[C@](C)(CCC(=O)Nc4c(O)ccc(C(=O)O)c4O)[C@@H]2C[C@H]1CC3. The summed E-state index contributed by atoms with van der Waals surface area (Å²) in [7, 11) is 0. The zero-order valence-electron chi connectivity index (χ0n) is 17.5. The van der Waals surface area contributed by atoms with Crippen LogP contribution < -0.4 is 5.32 Å². The minimum atomic E-state index is -1.38. The molecule has 31 heavy (non-hydrogen) atoms. The smallest absolute Gasteiger partial charge is 0.339 e. The number of carbonyl (C=O) groups excluding carboxylic acids is 2. The van der Waals surface area contributed by atoms with Crippen molar-refractivity contribution in [3.05, 3.63) is 42.0 Å². The van der Waals surface area contributed by atoms with Crippen LogP contribution in [0, 0.1) is 22.7 Å². The normalized spacial score (nSPS) is 31.4. The predicted octanol–water partition coefficient (Wildman–Crippen LogP) is 4.02. The molecular formula is C24H27NO6. The number of anilines is 1. The lowest BCUT2D eigenvalue weighted by molar-refractivity contribution is -0.136. The van der Waals surface area contributed by atoms with Crippen LogP contribution >= 0.6 is 0 Å². The number of hydrogen-bond donors (Lipinski definition) is 4. The third-order valence-corrected chi connectivity index (χ3v) is 7.73. The molecule has 1 aromatic carbocycles. The maximum absolute atomic E-state index is 12.9. The summed E-state index contributed by atoms with van der Waals surface area (Å²) in [5.41, 5.74) is -0.260. The fourth-order valence-corrected chi connectivity index (χ4v) is 5.91. The largest absolute Gasteiger partial charge is 0.506 e. The fourth-order valence-electron chi connectivity index (χ4n) is 5.91. The average molecular weight is 425 g/mol. The van der Waals surface area contributed by atoms with Crippen LogP contribution in [0.2, 0.25) is 0 Å². The fraction of sp³-hybridized carbons (Fsp3) is 0.458. The molecule has 7 nitrogen and oxygen atoms in total. The van der Waals surface area contributed by atoms with Crippen molar-refractivity contribution >= 4 is 23.3 Å². The van der Waals surface area contributed by atoms with Crippen molar-refractivity contribution in [2.75, 3.05) is 5.32 Å². The number of aromatic carboxylic acids is 1. The second-order valence-electron chi connectivity index (χ2n) is 9.42. The van der Waals surface area contributed by atoms with E-state index < -0.39 is 34.4 Å². The molecule has 4 atom stereocenters. The first-order chi connectivity index (χ1) is 14.6. The number of nitrogens with one attached hydrogen (secondary N) is 1. The van der Waals surface area contributed by atoms with Crippen molar-refractivity contribution in [3.63, 3.8) is 0 Å². The number of phenolic OH excluding ortho intramolecular Hbond substituents is 1. The van der Waals surface area contributed by atoms with Crippen molar-refractivity contribution in [3.8, 4) is 11.5 Å². The number of ketones is 1. The maximum Gasteiger partial charge on any atom is 0.339 e. The molecule has 3 saturated carbocycles. The summed E-state index contributed by atoms with van der Waals surface area (Å²) < 4.78 is 0. The number of phenols is 2. The van der Waals surface area contributed by atoms with E-state index in [0.717, 1.165) is 37.8 Å². The average Bonchev–Trinajstić information content (AvgIpc) is 2.72. The number of carbonyl (C=O) groups is 3. The second-order valence-corrected chi connectivity index (χ2v) is 9.42. The number of allylic oxidation sites excluding steroid dienone is 3. The van der Waals surface area contributed by atoms with Crippen LogP contribution in [-0.4, -0.2) is 33.0 Å². The van der Waals surface area contributed by atoms with Crippen molar-refractivity contribution < 1.29 is 29.7 Å². The van der Waals surface area contributed by atoms with Gasteiger partial charge in [0.15, 0.2) is 11.5 Å². The summed E-state index contributed by atoms with van der Waals surface area (Å²) in [5, 5.41) is 31.6. The Bertz CT molecular complexity index is 1030. The van der Waals surface area contributed by atoms with Gasteiger partial charge in [0.2, 0.25) is 5.91 Å². The van der Waals surface area contributed by atoms with Gasteiger partial charge in [-0.15, -0.1) is 0 Å². The zero-order valence-corrected chi connectivity index (χ0v) is 17.5. The lowest BCUT2D eigenvalue weighted by Gasteiger charge is -2.59. The molecule has 4 aliphatic rings. The van der Waals surface area contributed by atoms with E-state index in [1.54, 1.807) is 6.08 Å². The molecule has 1 aromatic rings. The number of rotatable bonds is 5. The highest BCUT2D eigenvalue weighted by molar-refractivity contribution is 6.00. The molecule has 1 amide bonds. The van der Waals surface area contributed by atoms with Gasteiger partial charge < -0.3 is 20.6 Å². The van der Waals surface area contributed by atoms with Gasteiger partial charge >= 0.3 is 5.97 Å². The molecule has 4 aliphatic carbocycles. The number of fused-ring (bicyclic) bond motifs is 2. The van der Waals surface area contributed by atoms with Gasteiger partial charge in [-0.05, 0) is 67.6 Å². The Labute approximate surface area is 180 Å². The Morgan fingerprint density at radius 1 is 1.29 bits per heavy atom. The predicted molar refractivity (Wildman–Crippen MR) is 114 cm³/mol. The van der Waals surface area contributed by atoms with Gasteiger partial charge in [-0.25, -0.2) is 4.79 Å². The first-order valence-electron chi connectivity index (χ1n) is 10.6. The highest BCUT2D eigenvalue weighted by Crippen LogP contribution is 2.64. The molecule has 7 heteroatoms. The summed E-state index contributed by atoms with van der Waals surface area (Å²) in [6, 6.07) is 2.16. The molecule has 0 aliphatic heterocycles. The molecule has 4 N–H and O–H groups in total. The summed E-state index contributed by atoms with van der Waals surface area (Å²) in [6.07, 6.45) is 7.96. The Balaban J connectivity index is 1.52. The molecule has 0 radical (unpaired) electrons. The van der Waals surface area contributed by atoms with Gasteiger partial charge in [-0.1, -0.05) is 25.2 Å². The Morgan fingerprint density at radius 3 is 2.71 bits per heavy atom. The van der Waals surface area contributed by atoms with Crippen LogP contribution in [0.25, 0.3) is 0 Å². The number of hydrogen-bond acceptors (Lipinski definition) is 5. The van der Waals surface area contributed by atoms with Crippen LogP contribution in [0.3, 0.4) is 0 Å². The van der Waals surface area contributed by atoms with Crippen molar-refractivity contribution in [2.45, 2.75) is 45.4 Å². The van der Waals surface area contributed by atoms with E-state index in [1.165, 1.54) is 5.57 Å². The second kappa shape index (κ2) is 7.25. The first-order valence-corrected chi connectivity index (χ1v) is 10.6. The van der Waals surface area contributed by atoms with Gasteiger partial charge in [0.05, 0.1) is 0 Å². The molecule has 0 saturated heterocycles. The van der Waals surface area contributed by atoms with Crippen LogP contribution in [0.4, 0.5) is 5.69 Å². The van der Waals surface area contributed by atoms with E-state index in [0.29, 0.717) is 12.3 Å². The number of benzene rings is 1. The summed E-state index contributed by atoms with van der Waals surface area (Å²) >= 11 is 0. The highest BCUT2D eigenvalue weighted by Gasteiger charge is 2.58. The standard InChI is InChI=1S/C24H27NO6/c1-13-12-24-9-5-14(13)11-17(24)23(2,18(27)6-10-24)8-7-19(28)25-20-16(26)4-3-15(21(20)29)22(30)31/h3-4,6,10,14,17,26,29H,1,5,7-9,11-12H2,2H3,(H,25,28)(H,30,31)/t14-,17+,23-,24+/m1/s1. The summed E-state index contributed by atoms with van der Waals surface area (Å²) in [6.45, 7) is 6.17. The van der Waals surface area contributed by atoms with E-state index in [4.69, 9.17) is 5.11 Å². The lowest BCUT2D eigenvalue weighted by atomic mass is 9.44.